The van der Waals surface area contributed by atoms with E-state index < -0.39 is 6.10 Å². The number of carbonyl (C=O) groups excluding carboxylic acids is 2. The first-order chi connectivity index (χ1) is 14.4. The predicted octanol–water partition coefficient (Wildman–Crippen LogP) is 1.16. The van der Waals surface area contributed by atoms with Crippen LogP contribution in [0.3, 0.4) is 0 Å². The Bertz CT molecular complexity index is 963. The van der Waals surface area contributed by atoms with E-state index in [4.69, 9.17) is 4.42 Å². The Labute approximate surface area is 175 Å². The lowest BCUT2D eigenvalue weighted by Gasteiger charge is -2.35. The summed E-state index contributed by atoms with van der Waals surface area (Å²) in [6.45, 7) is 4.16. The molecule has 0 radical (unpaired) electrons. The number of aromatic nitrogens is 3. The van der Waals surface area contributed by atoms with Gasteiger partial charge in [0, 0.05) is 38.2 Å². The number of hydrogen-bond acceptors (Lipinski definition) is 6. The molecule has 1 fully saturated rings. The molecule has 1 saturated heterocycles. The number of likely N-dealkylation sites (tertiary alicyclic amines) is 1. The highest BCUT2D eigenvalue weighted by atomic mass is 16.4. The lowest BCUT2D eigenvalue weighted by Crippen LogP contribution is -2.54. The molecule has 162 valence electrons. The number of rotatable bonds is 4. The van der Waals surface area contributed by atoms with Gasteiger partial charge in [-0.2, -0.15) is 5.10 Å². The van der Waals surface area contributed by atoms with E-state index in [9.17, 15) is 14.7 Å². The minimum Gasteiger partial charge on any atom is -0.435 e. The number of hydrogen-bond donors (Lipinski definition) is 2. The highest BCUT2D eigenvalue weighted by Crippen LogP contribution is 2.24. The molecule has 1 aliphatic heterocycles. The maximum Gasteiger partial charge on any atom is 0.291 e. The standard InChI is InChI=1S/C21H29N5O4/c1-4-17-22-12(2)19(30-17)21(29)26-10-13(9-14(27)11-26)23-20(28)18-15-7-5-6-8-16(15)24-25(18)3/h13-14,27H,4-11H2,1-3H3,(H,23,28)/t13-,14+/m0/s1. The number of nitrogens with zero attached hydrogens (tertiary/aromatic N) is 4. The third-order valence-electron chi connectivity index (χ3n) is 5.92. The molecular weight excluding hydrogens is 386 g/mol. The number of aliphatic hydroxyl groups excluding tert-OH is 1. The van der Waals surface area contributed by atoms with E-state index in [-0.39, 0.29) is 30.2 Å². The van der Waals surface area contributed by atoms with Crippen LogP contribution in [0.5, 0.6) is 0 Å². The molecule has 2 atom stereocenters. The molecule has 30 heavy (non-hydrogen) atoms. The normalized spacial score (nSPS) is 21.4. The number of β-amino-alcohol motifs (C(OH)–C–C–N with tert-alkyl or cyclic N) is 1. The summed E-state index contributed by atoms with van der Waals surface area (Å²) in [7, 11) is 1.79. The minimum absolute atomic E-state index is 0.201. The topological polar surface area (TPSA) is 113 Å². The third-order valence-corrected chi connectivity index (χ3v) is 5.92. The molecular formula is C21H29N5O4. The molecule has 9 nitrogen and oxygen atoms in total. The van der Waals surface area contributed by atoms with Gasteiger partial charge in [-0.3, -0.25) is 14.3 Å². The van der Waals surface area contributed by atoms with Crippen molar-refractivity contribution in [3.8, 4) is 0 Å². The Kier molecular flexibility index (Phi) is 5.64. The van der Waals surface area contributed by atoms with Crippen LogP contribution in [-0.4, -0.2) is 61.8 Å². The molecule has 0 aromatic carbocycles. The van der Waals surface area contributed by atoms with Gasteiger partial charge in [-0.1, -0.05) is 6.92 Å². The van der Waals surface area contributed by atoms with Gasteiger partial charge in [-0.25, -0.2) is 4.98 Å². The van der Waals surface area contributed by atoms with E-state index in [1.54, 1.807) is 18.7 Å². The average molecular weight is 415 g/mol. The summed E-state index contributed by atoms with van der Waals surface area (Å²) in [5.41, 5.74) is 3.15. The molecule has 2 N–H and O–H groups in total. The average Bonchev–Trinajstić information content (AvgIpc) is 3.25. The zero-order chi connectivity index (χ0) is 21.4. The Morgan fingerprint density at radius 2 is 2.03 bits per heavy atom. The number of fused-ring (bicyclic) bond motifs is 1. The van der Waals surface area contributed by atoms with Crippen molar-refractivity contribution >= 4 is 11.8 Å². The lowest BCUT2D eigenvalue weighted by molar-refractivity contribution is 0.0347. The molecule has 0 unspecified atom stereocenters. The molecule has 1 aliphatic carbocycles. The Morgan fingerprint density at radius 3 is 2.77 bits per heavy atom. The van der Waals surface area contributed by atoms with Crippen molar-refractivity contribution in [1.29, 1.82) is 0 Å². The zero-order valence-electron chi connectivity index (χ0n) is 17.8. The summed E-state index contributed by atoms with van der Waals surface area (Å²) >= 11 is 0. The summed E-state index contributed by atoms with van der Waals surface area (Å²) in [6.07, 6.45) is 4.18. The second-order valence-corrected chi connectivity index (χ2v) is 8.25. The van der Waals surface area contributed by atoms with Gasteiger partial charge in [-0.15, -0.1) is 0 Å². The second-order valence-electron chi connectivity index (χ2n) is 8.25. The molecule has 0 bridgehead atoms. The van der Waals surface area contributed by atoms with Gasteiger partial charge in [0.05, 0.1) is 17.5 Å². The van der Waals surface area contributed by atoms with Gasteiger partial charge in [0.1, 0.15) is 5.69 Å². The summed E-state index contributed by atoms with van der Waals surface area (Å²) in [6, 6.07) is -0.354. The van der Waals surface area contributed by atoms with Crippen LogP contribution in [0.15, 0.2) is 4.42 Å². The number of carbonyl (C=O) groups is 2. The first-order valence-electron chi connectivity index (χ1n) is 10.7. The SMILES string of the molecule is CCc1nc(C)c(C(=O)N2C[C@H](O)C[C@H](NC(=O)c3c4c(nn3C)CCCC4)C2)o1. The largest absolute Gasteiger partial charge is 0.435 e. The van der Waals surface area contributed by atoms with E-state index in [0.717, 1.165) is 36.9 Å². The number of aryl methyl sites for hydroxylation is 4. The molecule has 4 rings (SSSR count). The number of amides is 2. The summed E-state index contributed by atoms with van der Waals surface area (Å²) < 4.78 is 7.23. The van der Waals surface area contributed by atoms with Gasteiger partial charge < -0.3 is 19.7 Å². The predicted molar refractivity (Wildman–Crippen MR) is 108 cm³/mol. The number of piperidine rings is 1. The lowest BCUT2D eigenvalue weighted by atomic mass is 9.95. The Balaban J connectivity index is 1.49. The highest BCUT2D eigenvalue weighted by Gasteiger charge is 2.34. The third kappa shape index (κ3) is 3.86. The van der Waals surface area contributed by atoms with Gasteiger partial charge in [0.2, 0.25) is 5.76 Å². The van der Waals surface area contributed by atoms with Crippen molar-refractivity contribution in [3.63, 3.8) is 0 Å². The van der Waals surface area contributed by atoms with E-state index in [0.29, 0.717) is 36.7 Å². The number of aliphatic hydroxyl groups is 1. The van der Waals surface area contributed by atoms with E-state index >= 15 is 0 Å². The quantitative estimate of drug-likeness (QED) is 0.775. The monoisotopic (exact) mass is 415 g/mol. The molecule has 2 amide bonds. The van der Waals surface area contributed by atoms with E-state index in [1.807, 2.05) is 6.92 Å². The van der Waals surface area contributed by atoms with Crippen LogP contribution in [-0.2, 0) is 26.3 Å². The maximum absolute atomic E-state index is 13.0. The first kappa shape index (κ1) is 20.6. The van der Waals surface area contributed by atoms with Gasteiger partial charge in [0.15, 0.2) is 5.89 Å². The fraction of sp³-hybridized carbons (Fsp3) is 0.619. The van der Waals surface area contributed by atoms with Crippen LogP contribution in [0.2, 0.25) is 0 Å². The van der Waals surface area contributed by atoms with Gasteiger partial charge >= 0.3 is 0 Å². The molecule has 2 aromatic heterocycles. The summed E-state index contributed by atoms with van der Waals surface area (Å²) in [5.74, 6) is 0.199. The van der Waals surface area contributed by atoms with Crippen LogP contribution in [0.4, 0.5) is 0 Å². The van der Waals surface area contributed by atoms with Crippen molar-refractivity contribution < 1.29 is 19.1 Å². The Hall–Kier alpha value is -2.68. The van der Waals surface area contributed by atoms with Crippen molar-refractivity contribution in [2.24, 2.45) is 7.05 Å². The van der Waals surface area contributed by atoms with Crippen LogP contribution < -0.4 is 5.32 Å². The van der Waals surface area contributed by atoms with Crippen molar-refractivity contribution in [3.05, 3.63) is 34.3 Å². The van der Waals surface area contributed by atoms with Crippen molar-refractivity contribution in [1.82, 2.24) is 25.0 Å². The van der Waals surface area contributed by atoms with E-state index in [1.165, 1.54) is 4.90 Å². The molecule has 2 aliphatic rings. The fourth-order valence-corrected chi connectivity index (χ4v) is 4.51. The minimum atomic E-state index is -0.720. The van der Waals surface area contributed by atoms with Crippen LogP contribution in [0, 0.1) is 6.92 Å². The second kappa shape index (κ2) is 8.22. The number of nitrogens with one attached hydrogen (secondary N) is 1. The van der Waals surface area contributed by atoms with Crippen LogP contribution >= 0.6 is 0 Å². The molecule has 2 aromatic rings. The highest BCUT2D eigenvalue weighted by molar-refractivity contribution is 5.95. The maximum atomic E-state index is 13.0. The van der Waals surface area contributed by atoms with Gasteiger partial charge in [0.25, 0.3) is 11.8 Å². The van der Waals surface area contributed by atoms with Crippen LogP contribution in [0.25, 0.3) is 0 Å². The molecule has 0 saturated carbocycles. The van der Waals surface area contributed by atoms with Crippen molar-refractivity contribution in [2.45, 2.75) is 64.5 Å². The zero-order valence-corrected chi connectivity index (χ0v) is 17.8. The molecule has 0 spiro atoms. The van der Waals surface area contributed by atoms with Crippen molar-refractivity contribution in [2.75, 3.05) is 13.1 Å². The van der Waals surface area contributed by atoms with E-state index in [2.05, 4.69) is 15.4 Å². The first-order valence-corrected chi connectivity index (χ1v) is 10.7. The fourth-order valence-electron chi connectivity index (χ4n) is 4.51. The molecule has 9 heteroatoms. The van der Waals surface area contributed by atoms with Crippen LogP contribution in [0.1, 0.15) is 70.1 Å². The van der Waals surface area contributed by atoms with Gasteiger partial charge in [-0.05, 0) is 39.0 Å². The smallest absolute Gasteiger partial charge is 0.291 e. The summed E-state index contributed by atoms with van der Waals surface area (Å²) in [5, 5.41) is 17.9. The Morgan fingerprint density at radius 1 is 1.27 bits per heavy atom. The molecule has 3 heterocycles. The summed E-state index contributed by atoms with van der Waals surface area (Å²) in [4.78, 5) is 31.8. The number of oxazole rings is 1.